The molecular weight excluding hydrogens is 1270 g/mol. The third kappa shape index (κ3) is 42.2. The first-order chi connectivity index (χ1) is 51.2. The highest BCUT2D eigenvalue weighted by atomic mass is 16.3. The van der Waals surface area contributed by atoms with Gasteiger partial charge in [0.05, 0.1) is 0 Å². The minimum Gasteiger partial charge on any atom is -0.507 e. The van der Waals surface area contributed by atoms with Crippen molar-refractivity contribution in [3.05, 3.63) is 115 Å². The molecule has 8 bridgehead atoms. The molecule has 104 heavy (non-hydrogen) atoms. The number of phenols is 4. The van der Waals surface area contributed by atoms with Crippen molar-refractivity contribution in [2.75, 3.05) is 0 Å². The van der Waals surface area contributed by atoms with Gasteiger partial charge in [0, 0.05) is 25.7 Å². The first-order valence-corrected chi connectivity index (χ1v) is 46.6. The SMILES string of the molecule is CCCCCCCCCCCCCCCCCCc1cc2c(O)c(c1)Cc1cc(CCCCCCCCCCCCCCCCCC)cc(c1O)Cc1cc(CCCCCCCCCCCCCCCCCC)cc(c1O)Cc1cc(CCCCCCCCCCCCCCCCCC)cc(c1O)C2. The molecule has 0 aromatic heterocycles. The Morgan fingerprint density at radius 2 is 0.250 bits per heavy atom. The Kier molecular flexibility index (Phi) is 54.0. The largest absolute Gasteiger partial charge is 0.507 e. The number of aromatic hydroxyl groups is 4. The fourth-order valence-corrected chi connectivity index (χ4v) is 17.3. The minimum atomic E-state index is 0.294. The first-order valence-electron chi connectivity index (χ1n) is 46.6. The fourth-order valence-electron chi connectivity index (χ4n) is 17.3. The van der Waals surface area contributed by atoms with E-state index < -0.39 is 0 Å². The van der Waals surface area contributed by atoms with Gasteiger partial charge in [0.1, 0.15) is 23.0 Å². The van der Waals surface area contributed by atoms with Crippen LogP contribution in [0.5, 0.6) is 23.0 Å². The lowest BCUT2D eigenvalue weighted by Crippen LogP contribution is -2.05. The molecule has 0 amide bonds. The van der Waals surface area contributed by atoms with Gasteiger partial charge in [-0.05, 0) is 118 Å². The molecule has 0 fully saturated rings. The Morgan fingerprint density at radius 1 is 0.154 bits per heavy atom. The molecule has 1 aliphatic rings. The van der Waals surface area contributed by atoms with E-state index in [4.69, 9.17) is 0 Å². The van der Waals surface area contributed by atoms with Crippen LogP contribution in [0, 0.1) is 0 Å². The Bertz CT molecular complexity index is 2240. The second kappa shape index (κ2) is 61.9. The summed E-state index contributed by atoms with van der Waals surface area (Å²) in [6, 6.07) is 18.0. The number of phenolic OH excluding ortho intramolecular Hbond substituents is 4. The van der Waals surface area contributed by atoms with E-state index in [1.54, 1.807) is 0 Å². The second-order valence-corrected chi connectivity index (χ2v) is 34.0. The molecule has 4 nitrogen and oxygen atoms in total. The molecular formula is C100H168O4. The monoisotopic (exact) mass is 1430 g/mol. The molecule has 1 aliphatic carbocycles. The number of fused-ring (bicyclic) bond motifs is 8. The number of rotatable bonds is 68. The van der Waals surface area contributed by atoms with Crippen molar-refractivity contribution in [2.45, 2.75) is 490 Å². The van der Waals surface area contributed by atoms with Gasteiger partial charge in [0.2, 0.25) is 0 Å². The number of unbranched alkanes of at least 4 members (excludes halogenated alkanes) is 60. The predicted molar refractivity (Wildman–Crippen MR) is 457 cm³/mol. The van der Waals surface area contributed by atoms with Crippen LogP contribution < -0.4 is 0 Å². The first kappa shape index (κ1) is 90.7. The molecule has 0 radical (unpaired) electrons. The highest BCUT2D eigenvalue weighted by Gasteiger charge is 2.23. The zero-order chi connectivity index (χ0) is 73.8. The summed E-state index contributed by atoms with van der Waals surface area (Å²) in [6.07, 6.45) is 91.8. The Hall–Kier alpha value is -3.92. The van der Waals surface area contributed by atoms with E-state index in [-0.39, 0.29) is 0 Å². The lowest BCUT2D eigenvalue weighted by Gasteiger charge is -2.20. The zero-order valence-corrected chi connectivity index (χ0v) is 69.3. The van der Waals surface area contributed by atoms with Crippen LogP contribution >= 0.6 is 0 Å². The molecule has 4 aromatic rings. The van der Waals surface area contributed by atoms with Gasteiger partial charge < -0.3 is 20.4 Å². The van der Waals surface area contributed by atoms with Gasteiger partial charge in [-0.2, -0.15) is 0 Å². The maximum absolute atomic E-state index is 12.7. The highest BCUT2D eigenvalue weighted by molar-refractivity contribution is 5.57. The summed E-state index contributed by atoms with van der Waals surface area (Å²) in [4.78, 5) is 0. The van der Waals surface area contributed by atoms with Gasteiger partial charge >= 0.3 is 0 Å². The molecule has 4 aromatic carbocycles. The summed E-state index contributed by atoms with van der Waals surface area (Å²) in [5, 5.41) is 50.7. The van der Waals surface area contributed by atoms with Crippen molar-refractivity contribution in [3.8, 4) is 23.0 Å². The summed E-state index contributed by atoms with van der Waals surface area (Å²) in [5.74, 6) is 1.18. The summed E-state index contributed by atoms with van der Waals surface area (Å²) in [6.45, 7) is 9.22. The second-order valence-electron chi connectivity index (χ2n) is 34.0. The van der Waals surface area contributed by atoms with Crippen LogP contribution in [0.25, 0.3) is 0 Å². The molecule has 0 aliphatic heterocycles. The Morgan fingerprint density at radius 3 is 0.356 bits per heavy atom. The normalized spacial score (nSPS) is 12.3. The van der Waals surface area contributed by atoms with Crippen molar-refractivity contribution in [1.29, 1.82) is 0 Å². The third-order valence-electron chi connectivity index (χ3n) is 24.1. The van der Waals surface area contributed by atoms with E-state index in [2.05, 4.69) is 76.2 Å². The fraction of sp³-hybridized carbons (Fsp3) is 0.760. The van der Waals surface area contributed by atoms with E-state index in [1.165, 1.54) is 408 Å². The van der Waals surface area contributed by atoms with Gasteiger partial charge in [-0.1, -0.05) is 461 Å². The average molecular weight is 1430 g/mol. The van der Waals surface area contributed by atoms with Gasteiger partial charge in [-0.15, -0.1) is 0 Å². The Labute approximate surface area is 645 Å². The van der Waals surface area contributed by atoms with Crippen LogP contribution in [0.1, 0.15) is 505 Å². The van der Waals surface area contributed by atoms with E-state index >= 15 is 0 Å². The zero-order valence-electron chi connectivity index (χ0n) is 69.3. The molecule has 0 unspecified atom stereocenters. The number of hydrogen-bond acceptors (Lipinski definition) is 4. The van der Waals surface area contributed by atoms with Gasteiger partial charge in [-0.3, -0.25) is 0 Å². The number of benzene rings is 4. The maximum Gasteiger partial charge on any atom is 0.122 e. The predicted octanol–water partition coefficient (Wildman–Crippen LogP) is 32.4. The smallest absolute Gasteiger partial charge is 0.122 e. The van der Waals surface area contributed by atoms with Crippen LogP contribution in [-0.2, 0) is 51.4 Å². The average Bonchev–Trinajstić information content (AvgIpc) is 0.784. The van der Waals surface area contributed by atoms with Crippen LogP contribution in [0.15, 0.2) is 48.5 Å². The van der Waals surface area contributed by atoms with Gasteiger partial charge in [0.25, 0.3) is 0 Å². The van der Waals surface area contributed by atoms with E-state index in [0.29, 0.717) is 48.7 Å². The summed E-state index contributed by atoms with van der Waals surface area (Å²) < 4.78 is 0. The molecule has 592 valence electrons. The van der Waals surface area contributed by atoms with Gasteiger partial charge in [-0.25, -0.2) is 0 Å². The summed E-state index contributed by atoms with van der Waals surface area (Å²) in [7, 11) is 0. The third-order valence-corrected chi connectivity index (χ3v) is 24.1. The molecule has 4 heteroatoms. The van der Waals surface area contributed by atoms with Crippen LogP contribution in [0.3, 0.4) is 0 Å². The van der Waals surface area contributed by atoms with Crippen molar-refractivity contribution >= 4 is 0 Å². The van der Waals surface area contributed by atoms with Crippen molar-refractivity contribution in [3.63, 3.8) is 0 Å². The van der Waals surface area contributed by atoms with Crippen molar-refractivity contribution in [2.24, 2.45) is 0 Å². The quantitative estimate of drug-likeness (QED) is 0.0293. The molecule has 4 N–H and O–H groups in total. The molecule has 0 spiro atoms. The standard InChI is InChI=1S/C100H168O4/c1-5-9-13-17-21-25-29-33-37-41-45-49-53-57-61-65-69-85-73-89-81-91-75-86(70-66-62-58-54-50-46-42-38-34-30-26-22-18-14-10-6-2)77-93(98(91)102)83-95-79-88(72-68-64-60-56-52-48-44-40-36-32-28-24-20-16-12-8-4)80-96(100(95)104)84-94-78-87(76-92(99(94)103)82-90(74-85)97(89)101)71-67-63-59-55-51-47-43-39-35-31-27-23-19-15-11-7-3/h73-80,101-104H,5-72,81-84H2,1-4H3. The lowest BCUT2D eigenvalue weighted by atomic mass is 9.87. The van der Waals surface area contributed by atoms with Crippen LogP contribution in [0.4, 0.5) is 0 Å². The summed E-state index contributed by atoms with van der Waals surface area (Å²) in [5.41, 5.74) is 11.8. The van der Waals surface area contributed by atoms with Crippen LogP contribution in [0.2, 0.25) is 0 Å². The van der Waals surface area contributed by atoms with Crippen molar-refractivity contribution in [1.82, 2.24) is 0 Å². The maximum atomic E-state index is 12.7. The van der Waals surface area contributed by atoms with E-state index in [9.17, 15) is 20.4 Å². The molecule has 5 rings (SSSR count). The Balaban J connectivity index is 1.33. The van der Waals surface area contributed by atoms with Crippen LogP contribution in [-0.4, -0.2) is 20.4 Å². The highest BCUT2D eigenvalue weighted by Crippen LogP contribution is 2.41. The molecule has 0 atom stereocenters. The molecule has 0 heterocycles. The molecule has 0 saturated heterocycles. The molecule has 0 saturated carbocycles. The topological polar surface area (TPSA) is 80.9 Å². The van der Waals surface area contributed by atoms with E-state index in [0.717, 1.165) is 95.9 Å². The minimum absolute atomic E-state index is 0.294. The van der Waals surface area contributed by atoms with Crippen molar-refractivity contribution < 1.29 is 20.4 Å². The number of aryl methyl sites for hydroxylation is 4. The lowest BCUT2D eigenvalue weighted by molar-refractivity contribution is 0.450. The number of hydrogen-bond donors (Lipinski definition) is 4. The summed E-state index contributed by atoms with van der Waals surface area (Å²) >= 11 is 0. The van der Waals surface area contributed by atoms with E-state index in [1.807, 2.05) is 0 Å². The van der Waals surface area contributed by atoms with Gasteiger partial charge in [0.15, 0.2) is 0 Å².